The van der Waals surface area contributed by atoms with Gasteiger partial charge < -0.3 is 19.7 Å². The summed E-state index contributed by atoms with van der Waals surface area (Å²) in [5.41, 5.74) is 0.602. The number of ether oxygens (including phenoxy) is 2. The Morgan fingerprint density at radius 3 is 2.76 bits per heavy atom. The highest BCUT2D eigenvalue weighted by Gasteiger charge is 2.14. The van der Waals surface area contributed by atoms with Crippen LogP contribution in [0.25, 0.3) is 0 Å². The second kappa shape index (κ2) is 9.73. The molecule has 0 bridgehead atoms. The number of carbonyl (C=O) groups is 1. The van der Waals surface area contributed by atoms with Gasteiger partial charge in [-0.05, 0) is 31.4 Å². The fourth-order valence-electron chi connectivity index (χ4n) is 3.36. The van der Waals surface area contributed by atoms with Crippen molar-refractivity contribution < 1.29 is 14.3 Å². The number of morpholine rings is 1. The molecule has 25 heavy (non-hydrogen) atoms. The lowest BCUT2D eigenvalue weighted by atomic mass is 9.98. The SMILES string of the molecule is O=C(NCCCOC1CCCCC1)c1ccc(N2CCOCC2)nc1. The van der Waals surface area contributed by atoms with E-state index in [9.17, 15) is 4.79 Å². The van der Waals surface area contributed by atoms with Gasteiger partial charge in [0.2, 0.25) is 0 Å². The highest BCUT2D eigenvalue weighted by atomic mass is 16.5. The molecule has 1 aliphatic heterocycles. The van der Waals surface area contributed by atoms with Crippen LogP contribution < -0.4 is 10.2 Å². The number of aromatic nitrogens is 1. The Morgan fingerprint density at radius 2 is 2.04 bits per heavy atom. The third-order valence-electron chi connectivity index (χ3n) is 4.86. The lowest BCUT2D eigenvalue weighted by Crippen LogP contribution is -2.36. The van der Waals surface area contributed by atoms with Crippen molar-refractivity contribution in [2.24, 2.45) is 0 Å². The molecule has 1 aromatic rings. The highest BCUT2D eigenvalue weighted by Crippen LogP contribution is 2.20. The van der Waals surface area contributed by atoms with E-state index in [0.29, 0.717) is 18.2 Å². The first-order valence-corrected chi connectivity index (χ1v) is 9.51. The lowest BCUT2D eigenvalue weighted by molar-refractivity contribution is 0.0273. The van der Waals surface area contributed by atoms with Crippen LogP contribution in [-0.2, 0) is 9.47 Å². The van der Waals surface area contributed by atoms with Crippen LogP contribution in [0.3, 0.4) is 0 Å². The Hall–Kier alpha value is -1.66. The summed E-state index contributed by atoms with van der Waals surface area (Å²) in [5, 5.41) is 2.94. The maximum atomic E-state index is 12.2. The smallest absolute Gasteiger partial charge is 0.252 e. The van der Waals surface area contributed by atoms with Crippen LogP contribution in [-0.4, -0.2) is 56.5 Å². The van der Waals surface area contributed by atoms with Crippen molar-refractivity contribution in [1.82, 2.24) is 10.3 Å². The Bertz CT molecular complexity index is 523. The number of nitrogens with zero attached hydrogens (tertiary/aromatic N) is 2. The third-order valence-corrected chi connectivity index (χ3v) is 4.86. The molecule has 1 aliphatic carbocycles. The van der Waals surface area contributed by atoms with Crippen molar-refractivity contribution >= 4 is 11.7 Å². The Balaban J connectivity index is 1.34. The van der Waals surface area contributed by atoms with Crippen LogP contribution in [0.1, 0.15) is 48.9 Å². The first-order valence-electron chi connectivity index (χ1n) is 9.51. The molecule has 2 aliphatic rings. The molecule has 1 N–H and O–H groups in total. The van der Waals surface area contributed by atoms with E-state index in [2.05, 4.69) is 15.2 Å². The molecule has 0 unspecified atom stereocenters. The zero-order valence-corrected chi connectivity index (χ0v) is 14.9. The van der Waals surface area contributed by atoms with Gasteiger partial charge in [0.1, 0.15) is 5.82 Å². The molecular weight excluding hydrogens is 318 g/mol. The summed E-state index contributed by atoms with van der Waals surface area (Å²) in [7, 11) is 0. The molecule has 6 nitrogen and oxygen atoms in total. The van der Waals surface area contributed by atoms with Crippen LogP contribution in [0.2, 0.25) is 0 Å². The first kappa shape index (κ1) is 18.1. The summed E-state index contributed by atoms with van der Waals surface area (Å²) < 4.78 is 11.2. The Labute approximate surface area is 149 Å². The van der Waals surface area contributed by atoms with Crippen LogP contribution in [0.4, 0.5) is 5.82 Å². The molecule has 0 spiro atoms. The van der Waals surface area contributed by atoms with Crippen molar-refractivity contribution in [3.63, 3.8) is 0 Å². The fraction of sp³-hybridized carbons (Fsp3) is 0.684. The molecule has 138 valence electrons. The number of carbonyl (C=O) groups excluding carboxylic acids is 1. The van der Waals surface area contributed by atoms with Gasteiger partial charge in [0, 0.05) is 32.4 Å². The van der Waals surface area contributed by atoms with Crippen molar-refractivity contribution in [1.29, 1.82) is 0 Å². The van der Waals surface area contributed by atoms with Crippen molar-refractivity contribution in [2.45, 2.75) is 44.6 Å². The molecule has 1 aromatic heterocycles. The monoisotopic (exact) mass is 347 g/mol. The van der Waals surface area contributed by atoms with E-state index in [0.717, 1.165) is 45.1 Å². The average molecular weight is 347 g/mol. The minimum absolute atomic E-state index is 0.0707. The summed E-state index contributed by atoms with van der Waals surface area (Å²) >= 11 is 0. The van der Waals surface area contributed by atoms with Crippen molar-refractivity contribution in [2.75, 3.05) is 44.4 Å². The van der Waals surface area contributed by atoms with Gasteiger partial charge in [-0.3, -0.25) is 4.79 Å². The normalized spacial score (nSPS) is 19.0. The Morgan fingerprint density at radius 1 is 1.24 bits per heavy atom. The molecule has 2 fully saturated rings. The Kier molecular flexibility index (Phi) is 7.06. The molecule has 0 radical (unpaired) electrons. The van der Waals surface area contributed by atoms with Gasteiger partial charge in [-0.1, -0.05) is 19.3 Å². The largest absolute Gasteiger partial charge is 0.378 e. The van der Waals surface area contributed by atoms with E-state index in [1.54, 1.807) is 6.20 Å². The van der Waals surface area contributed by atoms with E-state index in [1.807, 2.05) is 12.1 Å². The minimum Gasteiger partial charge on any atom is -0.378 e. The molecule has 0 aromatic carbocycles. The molecule has 1 saturated heterocycles. The molecule has 3 rings (SSSR count). The van der Waals surface area contributed by atoms with Gasteiger partial charge in [0.25, 0.3) is 5.91 Å². The maximum absolute atomic E-state index is 12.2. The summed E-state index contributed by atoms with van der Waals surface area (Å²) in [5.74, 6) is 0.833. The minimum atomic E-state index is -0.0707. The van der Waals surface area contributed by atoms with Gasteiger partial charge in [0.05, 0.1) is 24.9 Å². The number of amides is 1. The van der Waals surface area contributed by atoms with E-state index in [4.69, 9.17) is 9.47 Å². The van der Waals surface area contributed by atoms with Gasteiger partial charge in [-0.25, -0.2) is 4.98 Å². The number of hydrogen-bond donors (Lipinski definition) is 1. The van der Waals surface area contributed by atoms with Gasteiger partial charge >= 0.3 is 0 Å². The summed E-state index contributed by atoms with van der Waals surface area (Å²) in [6.07, 6.45) is 9.22. The number of anilines is 1. The molecule has 6 heteroatoms. The molecular formula is C19H29N3O3. The fourth-order valence-corrected chi connectivity index (χ4v) is 3.36. The van der Waals surface area contributed by atoms with Crippen LogP contribution in [0.15, 0.2) is 18.3 Å². The summed E-state index contributed by atoms with van der Waals surface area (Å²) in [6.45, 7) is 4.51. The second-order valence-electron chi connectivity index (χ2n) is 6.74. The zero-order chi connectivity index (χ0) is 17.3. The number of nitrogens with one attached hydrogen (secondary N) is 1. The molecule has 1 saturated carbocycles. The maximum Gasteiger partial charge on any atom is 0.252 e. The van der Waals surface area contributed by atoms with Gasteiger partial charge in [-0.15, -0.1) is 0 Å². The standard InChI is InChI=1S/C19H29N3O3/c23-19(20-9-4-12-25-17-5-2-1-3-6-17)16-7-8-18(21-15-16)22-10-13-24-14-11-22/h7-8,15,17H,1-6,9-14H2,(H,20,23). The number of rotatable bonds is 7. The van der Waals surface area contributed by atoms with Crippen LogP contribution in [0.5, 0.6) is 0 Å². The zero-order valence-electron chi connectivity index (χ0n) is 14.9. The summed E-state index contributed by atoms with van der Waals surface area (Å²) in [6, 6.07) is 3.75. The number of hydrogen-bond acceptors (Lipinski definition) is 5. The van der Waals surface area contributed by atoms with Crippen molar-refractivity contribution in [3.8, 4) is 0 Å². The predicted octanol–water partition coefficient (Wildman–Crippen LogP) is 2.39. The molecule has 2 heterocycles. The van der Waals surface area contributed by atoms with Gasteiger partial charge in [-0.2, -0.15) is 0 Å². The average Bonchev–Trinajstić information content (AvgIpc) is 2.69. The molecule has 0 atom stereocenters. The van der Waals surface area contributed by atoms with E-state index < -0.39 is 0 Å². The predicted molar refractivity (Wildman–Crippen MR) is 97.0 cm³/mol. The van der Waals surface area contributed by atoms with E-state index in [1.165, 1.54) is 32.1 Å². The summed E-state index contributed by atoms with van der Waals surface area (Å²) in [4.78, 5) is 18.8. The van der Waals surface area contributed by atoms with E-state index >= 15 is 0 Å². The van der Waals surface area contributed by atoms with Crippen LogP contribution >= 0.6 is 0 Å². The molecule has 1 amide bonds. The highest BCUT2D eigenvalue weighted by molar-refractivity contribution is 5.94. The topological polar surface area (TPSA) is 63.7 Å². The lowest BCUT2D eigenvalue weighted by Gasteiger charge is -2.27. The van der Waals surface area contributed by atoms with Crippen LogP contribution in [0, 0.1) is 0 Å². The number of pyridine rings is 1. The quantitative estimate of drug-likeness (QED) is 0.767. The second-order valence-corrected chi connectivity index (χ2v) is 6.74. The third kappa shape index (κ3) is 5.68. The van der Waals surface area contributed by atoms with Gasteiger partial charge in [0.15, 0.2) is 0 Å². The first-order chi connectivity index (χ1) is 12.3. The van der Waals surface area contributed by atoms with E-state index in [-0.39, 0.29) is 5.91 Å². The van der Waals surface area contributed by atoms with Crippen molar-refractivity contribution in [3.05, 3.63) is 23.9 Å².